The van der Waals surface area contributed by atoms with Crippen LogP contribution in [0.2, 0.25) is 18.1 Å². The van der Waals surface area contributed by atoms with E-state index in [9.17, 15) is 0 Å². The molecule has 0 radical (unpaired) electrons. The Hall–Kier alpha value is 0.0569. The zero-order chi connectivity index (χ0) is 14.6. The van der Waals surface area contributed by atoms with Crippen molar-refractivity contribution in [2.45, 2.75) is 52.2 Å². The maximum atomic E-state index is 5.84. The van der Waals surface area contributed by atoms with E-state index in [1.807, 2.05) is 21.0 Å². The van der Waals surface area contributed by atoms with Crippen molar-refractivity contribution in [3.8, 4) is 0 Å². The van der Waals surface area contributed by atoms with Crippen LogP contribution in [0, 0.1) is 0 Å². The molecule has 0 aromatic heterocycles. The summed E-state index contributed by atoms with van der Waals surface area (Å²) in [5.74, 6) is 0. The molecular formula is C14H33NO3Si. The second-order valence-electron chi connectivity index (χ2n) is 4.84. The van der Waals surface area contributed by atoms with Gasteiger partial charge in [-0.05, 0) is 38.4 Å². The molecule has 0 amide bonds. The van der Waals surface area contributed by atoms with Crippen LogP contribution in [0.5, 0.6) is 0 Å². The summed E-state index contributed by atoms with van der Waals surface area (Å²) in [6.07, 6.45) is 1.17. The number of hydrogen-bond donors (Lipinski definition) is 0. The summed E-state index contributed by atoms with van der Waals surface area (Å²) in [7, 11) is 0.431. The molecule has 4 nitrogen and oxygen atoms in total. The van der Waals surface area contributed by atoms with Crippen LogP contribution in [0.15, 0.2) is 0 Å². The van der Waals surface area contributed by atoms with Crippen LogP contribution < -0.4 is 0 Å². The van der Waals surface area contributed by atoms with E-state index >= 15 is 0 Å². The SMILES string of the molecule is CCOCN(CCC[Si](CC)(CC)OC)COCC. The highest BCUT2D eigenvalue weighted by Gasteiger charge is 2.28. The van der Waals surface area contributed by atoms with Crippen LogP contribution in [-0.2, 0) is 13.9 Å². The number of nitrogens with zero attached hydrogens (tertiary/aromatic N) is 1. The van der Waals surface area contributed by atoms with Crippen LogP contribution in [0.4, 0.5) is 0 Å². The van der Waals surface area contributed by atoms with E-state index in [0.29, 0.717) is 13.5 Å². The number of ether oxygens (including phenoxy) is 2. The monoisotopic (exact) mass is 291 g/mol. The average molecular weight is 292 g/mol. The van der Waals surface area contributed by atoms with Crippen LogP contribution in [0.1, 0.15) is 34.1 Å². The highest BCUT2D eigenvalue weighted by Crippen LogP contribution is 2.22. The van der Waals surface area contributed by atoms with Gasteiger partial charge in [0.2, 0.25) is 0 Å². The quantitative estimate of drug-likeness (QED) is 0.385. The Labute approximate surface area is 120 Å². The summed E-state index contributed by atoms with van der Waals surface area (Å²) in [5.41, 5.74) is 0. The third-order valence-electron chi connectivity index (χ3n) is 3.78. The van der Waals surface area contributed by atoms with Crippen LogP contribution in [0.3, 0.4) is 0 Å². The number of hydrogen-bond acceptors (Lipinski definition) is 4. The van der Waals surface area contributed by atoms with Crippen molar-refractivity contribution in [2.75, 3.05) is 40.3 Å². The zero-order valence-corrected chi connectivity index (χ0v) is 14.5. The lowest BCUT2D eigenvalue weighted by Crippen LogP contribution is -2.37. The molecule has 0 heterocycles. The van der Waals surface area contributed by atoms with Crippen molar-refractivity contribution in [3.05, 3.63) is 0 Å². The molecule has 0 spiro atoms. The molecular weight excluding hydrogens is 258 g/mol. The Morgan fingerprint density at radius 2 is 1.42 bits per heavy atom. The Bertz CT molecular complexity index is 185. The van der Waals surface area contributed by atoms with Gasteiger partial charge in [0.05, 0.1) is 0 Å². The van der Waals surface area contributed by atoms with E-state index in [-0.39, 0.29) is 0 Å². The average Bonchev–Trinajstić information content (AvgIpc) is 2.46. The minimum absolute atomic E-state index is 0.663. The predicted octanol–water partition coefficient (Wildman–Crippen LogP) is 3.30. The van der Waals surface area contributed by atoms with Gasteiger partial charge < -0.3 is 13.9 Å². The largest absolute Gasteiger partial charge is 0.420 e. The van der Waals surface area contributed by atoms with Gasteiger partial charge in [-0.3, -0.25) is 4.90 Å². The van der Waals surface area contributed by atoms with E-state index in [1.54, 1.807) is 0 Å². The van der Waals surface area contributed by atoms with Gasteiger partial charge in [-0.15, -0.1) is 0 Å². The maximum absolute atomic E-state index is 5.84. The van der Waals surface area contributed by atoms with Crippen molar-refractivity contribution in [1.29, 1.82) is 0 Å². The van der Waals surface area contributed by atoms with Gasteiger partial charge in [-0.25, -0.2) is 0 Å². The first-order valence-corrected chi connectivity index (χ1v) is 10.1. The lowest BCUT2D eigenvalue weighted by atomic mass is 10.4. The Morgan fingerprint density at radius 3 is 1.79 bits per heavy atom. The lowest BCUT2D eigenvalue weighted by molar-refractivity contribution is -0.0388. The zero-order valence-electron chi connectivity index (χ0n) is 13.5. The van der Waals surface area contributed by atoms with Crippen molar-refractivity contribution in [3.63, 3.8) is 0 Å². The molecule has 0 bridgehead atoms. The van der Waals surface area contributed by atoms with E-state index in [1.165, 1.54) is 24.6 Å². The third-order valence-corrected chi connectivity index (χ3v) is 8.49. The van der Waals surface area contributed by atoms with Gasteiger partial charge >= 0.3 is 0 Å². The first kappa shape index (κ1) is 19.1. The smallest absolute Gasteiger partial charge is 0.191 e. The summed E-state index contributed by atoms with van der Waals surface area (Å²) in [6.45, 7) is 12.4. The van der Waals surface area contributed by atoms with Crippen molar-refractivity contribution >= 4 is 8.32 Å². The molecule has 5 heteroatoms. The molecule has 0 aliphatic rings. The summed E-state index contributed by atoms with van der Waals surface area (Å²) in [6, 6.07) is 3.64. The first-order chi connectivity index (χ1) is 9.17. The minimum atomic E-state index is -1.46. The molecule has 0 fully saturated rings. The second kappa shape index (κ2) is 11.8. The third kappa shape index (κ3) is 8.04. The van der Waals surface area contributed by atoms with E-state index in [0.717, 1.165) is 19.8 Å². The van der Waals surface area contributed by atoms with E-state index < -0.39 is 8.32 Å². The predicted molar refractivity (Wildman–Crippen MR) is 82.8 cm³/mol. The van der Waals surface area contributed by atoms with Gasteiger partial charge in [0.25, 0.3) is 0 Å². The molecule has 0 N–H and O–H groups in total. The minimum Gasteiger partial charge on any atom is -0.420 e. The van der Waals surface area contributed by atoms with Gasteiger partial charge in [-0.1, -0.05) is 13.8 Å². The maximum Gasteiger partial charge on any atom is 0.191 e. The van der Waals surface area contributed by atoms with Gasteiger partial charge in [0, 0.05) is 26.9 Å². The van der Waals surface area contributed by atoms with Crippen molar-refractivity contribution < 1.29 is 13.9 Å². The lowest BCUT2D eigenvalue weighted by Gasteiger charge is -2.28. The molecule has 0 rings (SSSR count). The van der Waals surface area contributed by atoms with Crippen LogP contribution in [-0.4, -0.2) is 53.5 Å². The molecule has 0 saturated heterocycles. The molecule has 19 heavy (non-hydrogen) atoms. The molecule has 0 aliphatic carbocycles. The topological polar surface area (TPSA) is 30.9 Å². The fourth-order valence-electron chi connectivity index (χ4n) is 2.23. The molecule has 0 aromatic carbocycles. The highest BCUT2D eigenvalue weighted by molar-refractivity contribution is 6.73. The Morgan fingerprint density at radius 1 is 0.895 bits per heavy atom. The van der Waals surface area contributed by atoms with Crippen molar-refractivity contribution in [2.24, 2.45) is 0 Å². The molecule has 0 saturated carbocycles. The van der Waals surface area contributed by atoms with Crippen LogP contribution in [0.25, 0.3) is 0 Å². The summed E-state index contributed by atoms with van der Waals surface area (Å²) >= 11 is 0. The molecule has 0 aromatic rings. The Balaban J connectivity index is 4.07. The fourth-order valence-corrected chi connectivity index (χ4v) is 5.02. The molecule has 0 unspecified atom stereocenters. The van der Waals surface area contributed by atoms with E-state index in [2.05, 4.69) is 18.7 Å². The second-order valence-corrected chi connectivity index (χ2v) is 9.52. The molecule has 0 aliphatic heterocycles. The fraction of sp³-hybridized carbons (Fsp3) is 1.00. The molecule has 116 valence electrons. The van der Waals surface area contributed by atoms with Crippen molar-refractivity contribution in [1.82, 2.24) is 4.90 Å². The molecule has 0 atom stereocenters. The standard InChI is InChI=1S/C14H33NO3Si/c1-6-17-13-15(14-18-7-2)11-10-12-19(8-3,9-4)16-5/h6-14H2,1-5H3. The first-order valence-electron chi connectivity index (χ1n) is 7.60. The highest BCUT2D eigenvalue weighted by atomic mass is 28.4. The summed E-state index contributed by atoms with van der Waals surface area (Å²) in [4.78, 5) is 2.23. The Kier molecular flexibility index (Phi) is 11.9. The summed E-state index contributed by atoms with van der Waals surface area (Å²) in [5, 5.41) is 0. The summed E-state index contributed by atoms with van der Waals surface area (Å²) < 4.78 is 16.8. The van der Waals surface area contributed by atoms with Gasteiger partial charge in [-0.2, -0.15) is 0 Å². The van der Waals surface area contributed by atoms with Crippen LogP contribution >= 0.6 is 0 Å². The normalized spacial score (nSPS) is 12.3. The van der Waals surface area contributed by atoms with Gasteiger partial charge in [0.1, 0.15) is 13.5 Å². The number of rotatable bonds is 13. The van der Waals surface area contributed by atoms with Gasteiger partial charge in [0.15, 0.2) is 8.32 Å². The van der Waals surface area contributed by atoms with E-state index in [4.69, 9.17) is 13.9 Å².